The van der Waals surface area contributed by atoms with Crippen LogP contribution in [0.25, 0.3) is 11.0 Å². The monoisotopic (exact) mass is 912 g/mol. The number of rotatable bonds is 15. The molecule has 4 heterocycles. The maximum Gasteiger partial charge on any atom is 0.339 e. The lowest BCUT2D eigenvalue weighted by atomic mass is 10.0. The largest absolute Gasteiger partial charge is 0.490 e. The summed E-state index contributed by atoms with van der Waals surface area (Å²) in [5.41, 5.74) is 17.1. The molecule has 0 aliphatic carbocycles. The number of pyridine rings is 2. The van der Waals surface area contributed by atoms with E-state index in [2.05, 4.69) is 10.6 Å². The zero-order valence-electron chi connectivity index (χ0n) is 37.2. The Morgan fingerprint density at radius 2 is 0.912 bits per heavy atom. The second-order valence-corrected chi connectivity index (χ2v) is 15.5. The molecule has 0 saturated carbocycles. The Bertz CT molecular complexity index is 3130. The molecular formula is C52H44N6O10. The lowest BCUT2D eigenvalue weighted by Gasteiger charge is -2.11. The molecule has 0 aliphatic rings. The number of carbonyl (C=O) groups is 6. The predicted molar refractivity (Wildman–Crippen MR) is 255 cm³/mol. The summed E-state index contributed by atoms with van der Waals surface area (Å²) in [6, 6.07) is 32.7. The van der Waals surface area contributed by atoms with Gasteiger partial charge in [0, 0.05) is 57.1 Å². The second kappa shape index (κ2) is 19.1. The molecule has 0 unspecified atom stereocenters. The number of aromatic nitrogens is 2. The van der Waals surface area contributed by atoms with Crippen LogP contribution in [0.4, 0.5) is 22.7 Å². The van der Waals surface area contributed by atoms with Crippen LogP contribution in [0.5, 0.6) is 11.5 Å². The van der Waals surface area contributed by atoms with Crippen molar-refractivity contribution in [3.63, 3.8) is 0 Å². The molecule has 342 valence electrons. The number of nitrogen functional groups attached to an aromatic ring is 2. The van der Waals surface area contributed by atoms with Crippen molar-refractivity contribution in [2.75, 3.05) is 49.5 Å². The standard InChI is InChI=1S/C52H44N6O10/c1-29-43(41-15-5-7-21-57(41)45(29)47(59)31-17-19-39(53)37(27-31)51(63)65-3)55-49(61)33-11-9-13-35(25-33)67-23-24-68-36-14-10-12-34(26-36)50(62)56-44-30(2)46(58-22-8-6-16-42(44)58)48(60)32-18-20-40(54)38(28-32)52(64)66-4/h5-22,25-28H,23-24,53-54H2,1-4H3,(H,55,61)(H,56,62). The average Bonchev–Trinajstić information content (AvgIpc) is 3.80. The van der Waals surface area contributed by atoms with Gasteiger partial charge in [0.1, 0.15) is 24.7 Å². The van der Waals surface area contributed by atoms with E-state index in [0.29, 0.717) is 67.5 Å². The molecule has 4 aromatic carbocycles. The van der Waals surface area contributed by atoms with Crippen molar-refractivity contribution in [1.82, 2.24) is 8.80 Å². The van der Waals surface area contributed by atoms with Crippen LogP contribution in [0.2, 0.25) is 0 Å². The van der Waals surface area contributed by atoms with E-state index < -0.39 is 23.8 Å². The van der Waals surface area contributed by atoms with Gasteiger partial charge in [0.05, 0.1) is 59.1 Å². The molecule has 8 rings (SSSR count). The fourth-order valence-electron chi connectivity index (χ4n) is 7.93. The summed E-state index contributed by atoms with van der Waals surface area (Å²) in [7, 11) is 2.46. The van der Waals surface area contributed by atoms with E-state index in [9.17, 15) is 28.8 Å². The van der Waals surface area contributed by atoms with Crippen LogP contribution in [0.15, 0.2) is 134 Å². The van der Waals surface area contributed by atoms with E-state index in [0.717, 1.165) is 0 Å². The molecule has 0 fully saturated rings. The van der Waals surface area contributed by atoms with Gasteiger partial charge >= 0.3 is 11.9 Å². The third kappa shape index (κ3) is 8.80. The van der Waals surface area contributed by atoms with Crippen molar-refractivity contribution >= 4 is 69.1 Å². The van der Waals surface area contributed by atoms with Crippen molar-refractivity contribution in [3.8, 4) is 11.5 Å². The normalized spacial score (nSPS) is 10.9. The molecule has 0 radical (unpaired) electrons. The molecule has 0 saturated heterocycles. The number of methoxy groups -OCH3 is 2. The Morgan fingerprint density at radius 3 is 1.31 bits per heavy atom. The fourth-order valence-corrected chi connectivity index (χ4v) is 7.93. The number of benzene rings is 4. The fraction of sp³-hybridized carbons (Fsp3) is 0.115. The zero-order valence-corrected chi connectivity index (χ0v) is 37.2. The molecule has 8 aromatic rings. The van der Waals surface area contributed by atoms with Crippen LogP contribution >= 0.6 is 0 Å². The number of carbonyl (C=O) groups excluding carboxylic acids is 6. The van der Waals surface area contributed by atoms with E-state index in [4.69, 9.17) is 30.4 Å². The molecule has 0 aliphatic heterocycles. The highest BCUT2D eigenvalue weighted by Crippen LogP contribution is 2.33. The lowest BCUT2D eigenvalue weighted by Crippen LogP contribution is -2.14. The van der Waals surface area contributed by atoms with Crippen molar-refractivity contribution in [2.24, 2.45) is 0 Å². The molecule has 4 aromatic heterocycles. The summed E-state index contributed by atoms with van der Waals surface area (Å²) >= 11 is 0. The van der Waals surface area contributed by atoms with Gasteiger partial charge in [0.15, 0.2) is 0 Å². The third-order valence-electron chi connectivity index (χ3n) is 11.3. The minimum atomic E-state index is -0.671. The van der Waals surface area contributed by atoms with E-state index >= 15 is 0 Å². The summed E-state index contributed by atoms with van der Waals surface area (Å²) in [5.74, 6) is -2.19. The topological polar surface area (TPSA) is 224 Å². The smallest absolute Gasteiger partial charge is 0.339 e. The Hall–Kier alpha value is -9.18. The van der Waals surface area contributed by atoms with Gasteiger partial charge in [-0.25, -0.2) is 9.59 Å². The quantitative estimate of drug-likeness (QED) is 0.0333. The molecule has 16 nitrogen and oxygen atoms in total. The van der Waals surface area contributed by atoms with Crippen molar-refractivity contribution in [3.05, 3.63) is 190 Å². The number of hydrogen-bond donors (Lipinski definition) is 4. The first-order chi connectivity index (χ1) is 32.8. The minimum Gasteiger partial charge on any atom is -0.490 e. The van der Waals surface area contributed by atoms with Crippen molar-refractivity contribution < 1.29 is 47.7 Å². The van der Waals surface area contributed by atoms with Gasteiger partial charge in [-0.1, -0.05) is 24.3 Å². The zero-order chi connectivity index (χ0) is 48.2. The third-order valence-corrected chi connectivity index (χ3v) is 11.3. The molecule has 0 spiro atoms. The van der Waals surface area contributed by atoms with E-state index in [1.807, 2.05) is 0 Å². The molecule has 68 heavy (non-hydrogen) atoms. The molecule has 6 N–H and O–H groups in total. The van der Waals surface area contributed by atoms with Crippen molar-refractivity contribution in [2.45, 2.75) is 13.8 Å². The maximum absolute atomic E-state index is 13.9. The maximum atomic E-state index is 13.9. The van der Waals surface area contributed by atoms with E-state index in [1.165, 1.54) is 50.6 Å². The Kier molecular flexibility index (Phi) is 12.8. The van der Waals surface area contributed by atoms with Gasteiger partial charge < -0.3 is 49.8 Å². The first kappa shape index (κ1) is 45.4. The highest BCUT2D eigenvalue weighted by molar-refractivity contribution is 6.16. The number of esters is 2. The van der Waals surface area contributed by atoms with Gasteiger partial charge in [-0.3, -0.25) is 19.2 Å². The van der Waals surface area contributed by atoms with Crippen LogP contribution in [0.1, 0.15) is 84.7 Å². The Balaban J connectivity index is 0.916. The SMILES string of the molecule is COC(=O)c1cc(C(=O)c2c(C)c(NC(=O)c3cccc(OCCOc4cccc(C(=O)Nc5c(C)c(C(=O)c6ccc(N)c(C(=O)OC)c6)n6ccccc56)c4)c3)c3ccccn23)ccc1N. The summed E-state index contributed by atoms with van der Waals surface area (Å²) in [5, 5.41) is 5.94. The van der Waals surface area contributed by atoms with E-state index in [-0.39, 0.29) is 58.4 Å². The molecule has 2 amide bonds. The number of ether oxygens (including phenoxy) is 4. The first-order valence-corrected chi connectivity index (χ1v) is 21.1. The number of amides is 2. The summed E-state index contributed by atoms with van der Waals surface area (Å²) in [6.45, 7) is 3.66. The summed E-state index contributed by atoms with van der Waals surface area (Å²) in [4.78, 5) is 80.0. The number of nitrogens with zero attached hydrogens (tertiary/aromatic N) is 2. The summed E-state index contributed by atoms with van der Waals surface area (Å²) < 4.78 is 24.9. The number of ketones is 2. The van der Waals surface area contributed by atoms with Gasteiger partial charge in [-0.2, -0.15) is 0 Å². The Morgan fingerprint density at radius 1 is 0.500 bits per heavy atom. The lowest BCUT2D eigenvalue weighted by molar-refractivity contribution is 0.0593. The number of fused-ring (bicyclic) bond motifs is 2. The van der Waals surface area contributed by atoms with Crippen molar-refractivity contribution in [1.29, 1.82) is 0 Å². The van der Waals surface area contributed by atoms with Crippen LogP contribution in [0.3, 0.4) is 0 Å². The number of anilines is 4. The highest BCUT2D eigenvalue weighted by atomic mass is 16.5. The van der Waals surface area contributed by atoms with Crippen LogP contribution in [-0.2, 0) is 9.47 Å². The number of hydrogen-bond acceptors (Lipinski definition) is 12. The number of nitrogens with two attached hydrogens (primary N) is 2. The first-order valence-electron chi connectivity index (χ1n) is 21.1. The summed E-state index contributed by atoms with van der Waals surface area (Å²) in [6.07, 6.45) is 3.43. The number of nitrogens with one attached hydrogen (secondary N) is 2. The van der Waals surface area contributed by atoms with Crippen LogP contribution in [-0.4, -0.2) is 71.6 Å². The predicted octanol–water partition coefficient (Wildman–Crippen LogP) is 7.97. The minimum absolute atomic E-state index is 0.0645. The van der Waals surface area contributed by atoms with Crippen LogP contribution in [0, 0.1) is 13.8 Å². The van der Waals surface area contributed by atoms with Gasteiger partial charge in [-0.05, 0) is 111 Å². The molecule has 0 atom stereocenters. The molecular weight excluding hydrogens is 869 g/mol. The van der Waals surface area contributed by atoms with Gasteiger partial charge in [0.25, 0.3) is 11.8 Å². The Labute approximate surface area is 389 Å². The molecule has 0 bridgehead atoms. The van der Waals surface area contributed by atoms with Gasteiger partial charge in [0.2, 0.25) is 11.6 Å². The molecule has 16 heteroatoms. The van der Waals surface area contributed by atoms with E-state index in [1.54, 1.807) is 120 Å². The highest BCUT2D eigenvalue weighted by Gasteiger charge is 2.27. The van der Waals surface area contributed by atoms with Crippen LogP contribution < -0.4 is 31.6 Å². The van der Waals surface area contributed by atoms with Gasteiger partial charge in [-0.15, -0.1) is 0 Å². The average molecular weight is 913 g/mol. The second-order valence-electron chi connectivity index (χ2n) is 15.5.